The van der Waals surface area contributed by atoms with Gasteiger partial charge in [0, 0.05) is 18.5 Å². The Labute approximate surface area is 171 Å². The molecule has 4 atom stereocenters. The fourth-order valence-electron chi connectivity index (χ4n) is 4.65. The molecule has 2 N–H and O–H groups in total. The highest BCUT2D eigenvalue weighted by Crippen LogP contribution is 2.48. The van der Waals surface area contributed by atoms with Crippen molar-refractivity contribution >= 4 is 11.9 Å². The first kappa shape index (κ1) is 19.6. The van der Waals surface area contributed by atoms with E-state index in [1.807, 2.05) is 81.4 Å². The van der Waals surface area contributed by atoms with Crippen molar-refractivity contribution in [3.05, 3.63) is 71.8 Å². The molecular formula is C24H28N2O3. The van der Waals surface area contributed by atoms with E-state index in [4.69, 9.17) is 4.74 Å². The Morgan fingerprint density at radius 3 is 2.17 bits per heavy atom. The number of benzene rings is 2. The summed E-state index contributed by atoms with van der Waals surface area (Å²) in [6.45, 7) is 6.17. The van der Waals surface area contributed by atoms with Gasteiger partial charge in [0.15, 0.2) is 0 Å². The number of esters is 1. The maximum atomic E-state index is 13.1. The van der Waals surface area contributed by atoms with Gasteiger partial charge in [-0.1, -0.05) is 60.7 Å². The molecule has 2 aliphatic rings. The molecule has 2 aliphatic heterocycles. The second kappa shape index (κ2) is 7.30. The number of carbonyl (C=O) groups is 2. The van der Waals surface area contributed by atoms with E-state index < -0.39 is 17.1 Å². The number of hydrogen-bond donors (Lipinski definition) is 2. The maximum Gasteiger partial charge on any atom is 0.311 e. The van der Waals surface area contributed by atoms with Crippen LogP contribution in [0.3, 0.4) is 0 Å². The van der Waals surface area contributed by atoms with Crippen LogP contribution in [0.5, 0.6) is 0 Å². The number of carbonyl (C=O) groups excluding carboxylic acids is 2. The lowest BCUT2D eigenvalue weighted by molar-refractivity contribution is -0.160. The van der Waals surface area contributed by atoms with Crippen LogP contribution in [-0.4, -0.2) is 29.6 Å². The lowest BCUT2D eigenvalue weighted by Crippen LogP contribution is -2.50. The minimum atomic E-state index is -0.830. The summed E-state index contributed by atoms with van der Waals surface area (Å²) in [7, 11) is 0. The Balaban J connectivity index is 1.73. The van der Waals surface area contributed by atoms with E-state index in [2.05, 4.69) is 10.6 Å². The molecule has 29 heavy (non-hydrogen) atoms. The topological polar surface area (TPSA) is 67.4 Å². The van der Waals surface area contributed by atoms with E-state index in [-0.39, 0.29) is 23.8 Å². The van der Waals surface area contributed by atoms with Gasteiger partial charge in [0.05, 0.1) is 5.92 Å². The molecule has 0 unspecified atom stereocenters. The first-order valence-electron chi connectivity index (χ1n) is 10.2. The zero-order valence-electron chi connectivity index (χ0n) is 17.1. The van der Waals surface area contributed by atoms with E-state index >= 15 is 0 Å². The van der Waals surface area contributed by atoms with Crippen LogP contribution in [0.15, 0.2) is 60.7 Å². The molecular weight excluding hydrogens is 364 g/mol. The third-order valence-corrected chi connectivity index (χ3v) is 5.89. The number of hydrogen-bond acceptors (Lipinski definition) is 4. The van der Waals surface area contributed by atoms with E-state index in [1.54, 1.807) is 0 Å². The lowest BCUT2D eigenvalue weighted by Gasteiger charge is -2.29. The summed E-state index contributed by atoms with van der Waals surface area (Å²) in [6, 6.07) is 19.6. The molecule has 2 saturated heterocycles. The third-order valence-electron chi connectivity index (χ3n) is 5.89. The van der Waals surface area contributed by atoms with Crippen molar-refractivity contribution in [3.8, 4) is 0 Å². The van der Waals surface area contributed by atoms with Crippen molar-refractivity contribution in [2.45, 2.75) is 50.3 Å². The summed E-state index contributed by atoms with van der Waals surface area (Å²) in [5.41, 5.74) is 0.676. The molecule has 152 valence electrons. The quantitative estimate of drug-likeness (QED) is 0.787. The molecule has 5 heteroatoms. The fourth-order valence-corrected chi connectivity index (χ4v) is 4.65. The standard InChI is InChI=1S/C24H28N2O3/c1-23(2,3)29-21(27)18-14-24(26-20(18)17-12-8-5-9-13-17)19(15-25-22(24)28)16-10-6-4-7-11-16/h4-13,18-20,26H,14-15H2,1-3H3,(H,25,28)/t18-,19-,20-,24+/m0/s1. The van der Waals surface area contributed by atoms with Gasteiger partial charge >= 0.3 is 5.97 Å². The molecule has 0 aromatic heterocycles. The van der Waals surface area contributed by atoms with Gasteiger partial charge in [-0.25, -0.2) is 0 Å². The van der Waals surface area contributed by atoms with Crippen LogP contribution < -0.4 is 10.6 Å². The van der Waals surface area contributed by atoms with E-state index in [0.29, 0.717) is 13.0 Å². The monoisotopic (exact) mass is 392 g/mol. The Kier molecular flexibility index (Phi) is 4.95. The van der Waals surface area contributed by atoms with Gasteiger partial charge in [-0.15, -0.1) is 0 Å². The first-order chi connectivity index (χ1) is 13.8. The van der Waals surface area contributed by atoms with Gasteiger partial charge in [0.2, 0.25) is 5.91 Å². The van der Waals surface area contributed by atoms with Crippen molar-refractivity contribution in [1.29, 1.82) is 0 Å². The molecule has 1 spiro atoms. The van der Waals surface area contributed by atoms with Gasteiger partial charge < -0.3 is 10.1 Å². The van der Waals surface area contributed by atoms with Crippen molar-refractivity contribution in [2.75, 3.05) is 6.54 Å². The highest BCUT2D eigenvalue weighted by atomic mass is 16.6. The Morgan fingerprint density at radius 2 is 1.59 bits per heavy atom. The zero-order chi connectivity index (χ0) is 20.6. The molecule has 0 bridgehead atoms. The molecule has 1 amide bonds. The van der Waals surface area contributed by atoms with Gasteiger partial charge in [0.25, 0.3) is 0 Å². The Bertz CT molecular complexity index is 891. The summed E-state index contributed by atoms with van der Waals surface area (Å²) >= 11 is 0. The van der Waals surface area contributed by atoms with Gasteiger partial charge in [-0.05, 0) is 38.3 Å². The van der Waals surface area contributed by atoms with Crippen molar-refractivity contribution in [3.63, 3.8) is 0 Å². The molecule has 5 nitrogen and oxygen atoms in total. The minimum Gasteiger partial charge on any atom is -0.460 e. The van der Waals surface area contributed by atoms with E-state index in [1.165, 1.54) is 0 Å². The van der Waals surface area contributed by atoms with Crippen LogP contribution in [0.1, 0.15) is 50.3 Å². The van der Waals surface area contributed by atoms with Crippen LogP contribution in [0, 0.1) is 5.92 Å². The average molecular weight is 392 g/mol. The Morgan fingerprint density at radius 1 is 1.00 bits per heavy atom. The predicted molar refractivity (Wildman–Crippen MR) is 111 cm³/mol. The minimum absolute atomic E-state index is 0.0432. The molecule has 4 rings (SSSR count). The summed E-state index contributed by atoms with van der Waals surface area (Å²) in [5, 5.41) is 6.61. The second-order valence-corrected chi connectivity index (χ2v) is 9.02. The smallest absolute Gasteiger partial charge is 0.311 e. The van der Waals surface area contributed by atoms with Crippen LogP contribution >= 0.6 is 0 Å². The highest BCUT2D eigenvalue weighted by molar-refractivity contribution is 5.92. The largest absolute Gasteiger partial charge is 0.460 e. The SMILES string of the molecule is CC(C)(C)OC(=O)[C@H]1C[C@]2(N[C@H]1c1ccccc1)C(=O)NC[C@H]2c1ccccc1. The lowest BCUT2D eigenvalue weighted by atomic mass is 9.78. The van der Waals surface area contributed by atoms with Crippen LogP contribution in [0.4, 0.5) is 0 Å². The molecule has 2 aromatic carbocycles. The first-order valence-corrected chi connectivity index (χ1v) is 10.2. The summed E-state index contributed by atoms with van der Waals surface area (Å²) < 4.78 is 5.74. The highest BCUT2D eigenvalue weighted by Gasteiger charge is 2.60. The van der Waals surface area contributed by atoms with E-state index in [0.717, 1.165) is 11.1 Å². The van der Waals surface area contributed by atoms with Crippen LogP contribution in [-0.2, 0) is 14.3 Å². The van der Waals surface area contributed by atoms with Crippen molar-refractivity contribution in [2.24, 2.45) is 5.92 Å². The number of ether oxygens (including phenoxy) is 1. The third kappa shape index (κ3) is 3.67. The Hall–Kier alpha value is -2.66. The zero-order valence-corrected chi connectivity index (χ0v) is 17.1. The maximum absolute atomic E-state index is 13.1. The van der Waals surface area contributed by atoms with Gasteiger partial charge in [-0.3, -0.25) is 14.9 Å². The second-order valence-electron chi connectivity index (χ2n) is 9.02. The summed E-state index contributed by atoms with van der Waals surface area (Å²) in [4.78, 5) is 26.2. The average Bonchev–Trinajstić information content (AvgIpc) is 3.24. The molecule has 2 aromatic rings. The fraction of sp³-hybridized carbons (Fsp3) is 0.417. The molecule has 0 aliphatic carbocycles. The van der Waals surface area contributed by atoms with Crippen molar-refractivity contribution < 1.29 is 14.3 Å². The number of nitrogens with one attached hydrogen (secondary N) is 2. The molecule has 2 heterocycles. The van der Waals surface area contributed by atoms with Crippen LogP contribution in [0.25, 0.3) is 0 Å². The molecule has 0 radical (unpaired) electrons. The summed E-state index contributed by atoms with van der Waals surface area (Å²) in [6.07, 6.45) is 0.410. The normalized spacial score (nSPS) is 29.1. The van der Waals surface area contributed by atoms with Gasteiger partial charge in [0.1, 0.15) is 11.1 Å². The van der Waals surface area contributed by atoms with Gasteiger partial charge in [-0.2, -0.15) is 0 Å². The summed E-state index contributed by atoms with van der Waals surface area (Å²) in [5.74, 6) is -0.790. The molecule has 2 fully saturated rings. The van der Waals surface area contributed by atoms with E-state index in [9.17, 15) is 9.59 Å². The van der Waals surface area contributed by atoms with Crippen molar-refractivity contribution in [1.82, 2.24) is 10.6 Å². The predicted octanol–water partition coefficient (Wildman–Crippen LogP) is 3.33. The number of amides is 1. The molecule has 0 saturated carbocycles. The van der Waals surface area contributed by atoms with Crippen LogP contribution in [0.2, 0.25) is 0 Å². The number of rotatable bonds is 3.